The van der Waals surface area contributed by atoms with Crippen LogP contribution in [0, 0.1) is 35.5 Å². The molecule has 2 amide bonds. The molecule has 6 atom stereocenters. The van der Waals surface area contributed by atoms with Crippen molar-refractivity contribution in [1.29, 1.82) is 0 Å². The zero-order chi connectivity index (χ0) is 17.5. The Morgan fingerprint density at radius 2 is 1.64 bits per heavy atom. The van der Waals surface area contributed by atoms with Gasteiger partial charge in [0.2, 0.25) is 0 Å². The summed E-state index contributed by atoms with van der Waals surface area (Å²) in [7, 11) is 0. The number of nitrogens with zero attached hydrogens (tertiary/aromatic N) is 2. The van der Waals surface area contributed by atoms with Crippen LogP contribution in [-0.4, -0.2) is 33.3 Å². The van der Waals surface area contributed by atoms with Gasteiger partial charge in [0, 0.05) is 11.6 Å². The van der Waals surface area contributed by atoms with Crippen molar-refractivity contribution >= 4 is 34.0 Å². The SMILES string of the molecule is O=C1[C@@H]2[C@@H]3C=C[C@H]([C@H]4C[C@@H]34)[C@@H]2C(=O)N1/N=C\c1cc(Br)c(O)cc1O. The monoisotopic (exact) mass is 402 g/mol. The summed E-state index contributed by atoms with van der Waals surface area (Å²) in [6.45, 7) is 0. The summed E-state index contributed by atoms with van der Waals surface area (Å²) >= 11 is 3.16. The molecule has 3 fully saturated rings. The molecule has 2 N–H and O–H groups in total. The molecular weight excluding hydrogens is 388 g/mol. The smallest absolute Gasteiger partial charge is 0.254 e. The van der Waals surface area contributed by atoms with Gasteiger partial charge in [0.1, 0.15) is 11.5 Å². The molecule has 1 aliphatic heterocycles. The minimum absolute atomic E-state index is 0.101. The van der Waals surface area contributed by atoms with Gasteiger partial charge in [-0.15, -0.1) is 0 Å². The molecule has 1 aromatic carbocycles. The first-order valence-electron chi connectivity index (χ1n) is 8.29. The van der Waals surface area contributed by atoms with Crippen LogP contribution in [-0.2, 0) is 9.59 Å². The van der Waals surface area contributed by atoms with E-state index in [1.54, 1.807) is 0 Å². The van der Waals surface area contributed by atoms with Crippen molar-refractivity contribution in [1.82, 2.24) is 5.01 Å². The molecule has 1 aromatic rings. The largest absolute Gasteiger partial charge is 0.507 e. The van der Waals surface area contributed by atoms with Gasteiger partial charge in [0.05, 0.1) is 22.5 Å². The number of amides is 2. The van der Waals surface area contributed by atoms with Gasteiger partial charge in [-0.3, -0.25) is 9.59 Å². The van der Waals surface area contributed by atoms with Crippen LogP contribution in [0.2, 0.25) is 0 Å². The Hall–Kier alpha value is -2.15. The summed E-state index contributed by atoms with van der Waals surface area (Å²) in [5.41, 5.74) is 0.309. The number of allylic oxidation sites excluding steroid dienone is 2. The number of hydrogen-bond acceptors (Lipinski definition) is 5. The predicted octanol–water partition coefficient (Wildman–Crippen LogP) is 2.25. The quantitative estimate of drug-likeness (QED) is 0.450. The molecule has 6 nitrogen and oxygen atoms in total. The van der Waals surface area contributed by atoms with Gasteiger partial charge in [-0.05, 0) is 52.1 Å². The second-order valence-electron chi connectivity index (χ2n) is 7.25. The summed E-state index contributed by atoms with van der Waals surface area (Å²) in [6.07, 6.45) is 6.62. The van der Waals surface area contributed by atoms with Gasteiger partial charge in [-0.2, -0.15) is 10.1 Å². The van der Waals surface area contributed by atoms with Gasteiger partial charge in [-0.1, -0.05) is 12.2 Å². The molecular formula is C18H15BrN2O4. The second kappa shape index (κ2) is 4.94. The number of imide groups is 1. The number of aromatic hydroxyl groups is 2. The van der Waals surface area contributed by atoms with Crippen molar-refractivity contribution in [2.45, 2.75) is 6.42 Å². The molecule has 0 aromatic heterocycles. The number of carbonyl (C=O) groups is 2. The first-order valence-corrected chi connectivity index (χ1v) is 9.08. The molecule has 128 valence electrons. The van der Waals surface area contributed by atoms with E-state index in [9.17, 15) is 19.8 Å². The van der Waals surface area contributed by atoms with E-state index in [2.05, 4.69) is 33.2 Å². The summed E-state index contributed by atoms with van der Waals surface area (Å²) in [4.78, 5) is 25.6. The van der Waals surface area contributed by atoms with Crippen LogP contribution in [0.1, 0.15) is 12.0 Å². The van der Waals surface area contributed by atoms with Crippen LogP contribution < -0.4 is 0 Å². The molecule has 2 bridgehead atoms. The predicted molar refractivity (Wildman–Crippen MR) is 91.6 cm³/mol. The van der Waals surface area contributed by atoms with Crippen LogP contribution in [0.15, 0.2) is 33.9 Å². The van der Waals surface area contributed by atoms with Crippen LogP contribution in [0.4, 0.5) is 0 Å². The highest BCUT2D eigenvalue weighted by Gasteiger charge is 2.67. The maximum atomic E-state index is 12.8. The van der Waals surface area contributed by atoms with E-state index < -0.39 is 0 Å². The zero-order valence-corrected chi connectivity index (χ0v) is 14.6. The van der Waals surface area contributed by atoms with Crippen molar-refractivity contribution in [3.05, 3.63) is 34.3 Å². The third-order valence-corrected chi connectivity index (χ3v) is 6.68. The van der Waals surface area contributed by atoms with Gasteiger partial charge >= 0.3 is 0 Å². The number of halogens is 1. The van der Waals surface area contributed by atoms with E-state index in [1.807, 2.05) is 0 Å². The highest BCUT2D eigenvalue weighted by molar-refractivity contribution is 9.10. The Morgan fingerprint density at radius 3 is 2.24 bits per heavy atom. The minimum atomic E-state index is -0.288. The summed E-state index contributed by atoms with van der Waals surface area (Å²) in [5, 5.41) is 24.5. The van der Waals surface area contributed by atoms with Crippen LogP contribution in [0.3, 0.4) is 0 Å². The Morgan fingerprint density at radius 1 is 1.04 bits per heavy atom. The highest BCUT2D eigenvalue weighted by atomic mass is 79.9. The maximum Gasteiger partial charge on any atom is 0.254 e. The lowest BCUT2D eigenvalue weighted by Crippen LogP contribution is -2.40. The molecule has 7 heteroatoms. The van der Waals surface area contributed by atoms with Crippen molar-refractivity contribution in [2.75, 3.05) is 0 Å². The molecule has 1 saturated heterocycles. The summed E-state index contributed by atoms with van der Waals surface area (Å²) in [6, 6.07) is 2.66. The Bertz CT molecular complexity index is 844. The fraction of sp³-hybridized carbons (Fsp3) is 0.389. The Balaban J connectivity index is 1.46. The first-order chi connectivity index (χ1) is 12.0. The van der Waals surface area contributed by atoms with Gasteiger partial charge in [0.15, 0.2) is 0 Å². The Kier molecular flexibility index (Phi) is 2.99. The lowest BCUT2D eigenvalue weighted by molar-refractivity contribution is -0.140. The minimum Gasteiger partial charge on any atom is -0.507 e. The number of benzene rings is 1. The van der Waals surface area contributed by atoms with Crippen molar-refractivity contribution in [2.24, 2.45) is 40.6 Å². The molecule has 0 spiro atoms. The van der Waals surface area contributed by atoms with Crippen LogP contribution >= 0.6 is 15.9 Å². The molecule has 4 aliphatic carbocycles. The van der Waals surface area contributed by atoms with Gasteiger partial charge in [-0.25, -0.2) is 0 Å². The average Bonchev–Trinajstić information content (AvgIpc) is 3.36. The van der Waals surface area contributed by atoms with Gasteiger partial charge < -0.3 is 10.2 Å². The normalized spacial score (nSPS) is 37.7. The average molecular weight is 403 g/mol. The molecule has 25 heavy (non-hydrogen) atoms. The van der Waals surface area contributed by atoms with Gasteiger partial charge in [0.25, 0.3) is 11.8 Å². The lowest BCUT2D eigenvalue weighted by Gasteiger charge is -2.37. The van der Waals surface area contributed by atoms with Crippen molar-refractivity contribution in [3.8, 4) is 11.5 Å². The summed E-state index contributed by atoms with van der Waals surface area (Å²) < 4.78 is 0.391. The van der Waals surface area contributed by atoms with Crippen molar-refractivity contribution in [3.63, 3.8) is 0 Å². The zero-order valence-electron chi connectivity index (χ0n) is 13.0. The van der Waals surface area contributed by atoms with E-state index in [4.69, 9.17) is 0 Å². The van der Waals surface area contributed by atoms with Crippen molar-refractivity contribution < 1.29 is 19.8 Å². The summed E-state index contributed by atoms with van der Waals surface area (Å²) in [5.74, 6) is 0.0808. The molecule has 0 unspecified atom stereocenters. The van der Waals surface area contributed by atoms with Crippen LogP contribution in [0.5, 0.6) is 11.5 Å². The van der Waals surface area contributed by atoms with E-state index >= 15 is 0 Å². The second-order valence-corrected chi connectivity index (χ2v) is 8.10. The number of rotatable bonds is 2. The molecule has 2 saturated carbocycles. The third-order valence-electron chi connectivity index (χ3n) is 6.05. The third kappa shape index (κ3) is 1.99. The molecule has 5 aliphatic rings. The molecule has 0 radical (unpaired) electrons. The number of phenolic OH excluding ortho intramolecular Hbond substituents is 2. The standard InChI is InChI=1S/C18H15BrN2O4/c19-12-3-7(13(22)5-14(12)23)6-20-21-17(24)15-8-1-2-9(11-4-10(8)11)16(15)18(21)25/h1-3,5-6,8-11,15-16,22-23H,4H2/b20-6-/t8-,9-,10-,11+,15+,16-/m1/s1. The molecule has 6 rings (SSSR count). The number of phenols is 2. The van der Waals surface area contributed by atoms with E-state index in [0.717, 1.165) is 11.4 Å². The molecule has 1 heterocycles. The first kappa shape index (κ1) is 15.1. The Labute approximate surface area is 152 Å². The lowest BCUT2D eigenvalue weighted by atomic mass is 9.63. The van der Waals surface area contributed by atoms with E-state index in [0.29, 0.717) is 21.9 Å². The fourth-order valence-corrected chi connectivity index (χ4v) is 5.21. The van der Waals surface area contributed by atoms with E-state index in [-0.39, 0.29) is 47.0 Å². The number of hydrogen-bond donors (Lipinski definition) is 2. The topological polar surface area (TPSA) is 90.2 Å². The van der Waals surface area contributed by atoms with Crippen LogP contribution in [0.25, 0.3) is 0 Å². The fourth-order valence-electron chi connectivity index (χ4n) is 4.84. The highest BCUT2D eigenvalue weighted by Crippen LogP contribution is 2.65. The number of carbonyl (C=O) groups excluding carboxylic acids is 2. The van der Waals surface area contributed by atoms with E-state index in [1.165, 1.54) is 18.3 Å². The maximum absolute atomic E-state index is 12.8. The number of hydrazone groups is 1.